The average Bonchev–Trinajstić information content (AvgIpc) is 2.76. The molecular weight excluding hydrogens is 196 g/mol. The van der Waals surface area contributed by atoms with Gasteiger partial charge in [-0.3, -0.25) is 0 Å². The molecule has 0 radical (unpaired) electrons. The molecule has 2 aliphatic rings. The summed E-state index contributed by atoms with van der Waals surface area (Å²) in [6.45, 7) is 6.15. The molecule has 0 aromatic heterocycles. The maximum Gasteiger partial charge on any atom is 0.210 e. The van der Waals surface area contributed by atoms with E-state index < -0.39 is 0 Å². The maximum absolute atomic E-state index is 5.39. The molecule has 15 heavy (non-hydrogen) atoms. The Kier molecular flexibility index (Phi) is 3.20. The van der Waals surface area contributed by atoms with Crippen molar-refractivity contribution in [1.82, 2.24) is 0 Å². The van der Waals surface area contributed by atoms with Gasteiger partial charge in [-0.05, 0) is 13.8 Å². The molecule has 0 saturated carbocycles. The van der Waals surface area contributed by atoms with Gasteiger partial charge in [-0.2, -0.15) is 0 Å². The number of nitrogens with zero attached hydrogens (tertiary/aromatic N) is 2. The summed E-state index contributed by atoms with van der Waals surface area (Å²) in [5.74, 6) is 1.35. The molecular formula is C10H16N2O3. The highest BCUT2D eigenvalue weighted by Gasteiger charge is 2.17. The number of hydrogen-bond donors (Lipinski definition) is 0. The molecule has 0 aromatic rings. The first-order chi connectivity index (χ1) is 7.24. The SMILES string of the molecule is C[C@@H]1COC(COCC2=N[C@@H](C)CO2)=N1. The van der Waals surface area contributed by atoms with Gasteiger partial charge in [0.25, 0.3) is 0 Å². The highest BCUT2D eigenvalue weighted by atomic mass is 16.6. The molecule has 0 saturated heterocycles. The van der Waals surface area contributed by atoms with Crippen molar-refractivity contribution in [3.05, 3.63) is 0 Å². The van der Waals surface area contributed by atoms with Gasteiger partial charge in [0, 0.05) is 0 Å². The molecule has 0 aromatic carbocycles. The van der Waals surface area contributed by atoms with E-state index in [2.05, 4.69) is 9.98 Å². The molecule has 5 nitrogen and oxygen atoms in total. The van der Waals surface area contributed by atoms with E-state index in [1.807, 2.05) is 13.8 Å². The zero-order chi connectivity index (χ0) is 10.7. The smallest absolute Gasteiger partial charge is 0.210 e. The lowest BCUT2D eigenvalue weighted by atomic mass is 10.4. The van der Waals surface area contributed by atoms with Gasteiger partial charge >= 0.3 is 0 Å². The highest BCUT2D eigenvalue weighted by molar-refractivity contribution is 5.81. The van der Waals surface area contributed by atoms with Crippen molar-refractivity contribution < 1.29 is 14.2 Å². The summed E-state index contributed by atoms with van der Waals surface area (Å²) in [4.78, 5) is 8.51. The summed E-state index contributed by atoms with van der Waals surface area (Å²) in [6, 6.07) is 0.507. The van der Waals surface area contributed by atoms with Crippen LogP contribution >= 0.6 is 0 Å². The predicted octanol–water partition coefficient (Wildman–Crippen LogP) is 0.637. The second-order valence-electron chi connectivity index (χ2n) is 3.86. The molecule has 0 aliphatic carbocycles. The van der Waals surface area contributed by atoms with Gasteiger partial charge in [-0.15, -0.1) is 0 Å². The summed E-state index contributed by atoms with van der Waals surface area (Å²) in [5, 5.41) is 0. The monoisotopic (exact) mass is 212 g/mol. The molecule has 5 heteroatoms. The first kappa shape index (κ1) is 10.4. The van der Waals surface area contributed by atoms with Gasteiger partial charge in [0.15, 0.2) is 0 Å². The molecule has 0 amide bonds. The van der Waals surface area contributed by atoms with Crippen LogP contribution in [0.2, 0.25) is 0 Å². The first-order valence-electron chi connectivity index (χ1n) is 5.20. The van der Waals surface area contributed by atoms with Crippen LogP contribution in [0.4, 0.5) is 0 Å². The average molecular weight is 212 g/mol. The lowest BCUT2D eigenvalue weighted by molar-refractivity contribution is 0.172. The summed E-state index contributed by atoms with van der Waals surface area (Å²) in [6.07, 6.45) is 0. The number of aliphatic imine (C=N–C) groups is 2. The fraction of sp³-hybridized carbons (Fsp3) is 0.800. The van der Waals surface area contributed by atoms with Gasteiger partial charge in [0.2, 0.25) is 11.8 Å². The van der Waals surface area contributed by atoms with Crippen LogP contribution in [0.25, 0.3) is 0 Å². The molecule has 2 heterocycles. The summed E-state index contributed by atoms with van der Waals surface area (Å²) in [5.41, 5.74) is 0. The van der Waals surface area contributed by atoms with E-state index in [4.69, 9.17) is 14.2 Å². The Morgan fingerprint density at radius 3 is 1.87 bits per heavy atom. The molecule has 84 valence electrons. The summed E-state index contributed by atoms with van der Waals surface area (Å²) >= 11 is 0. The standard InChI is InChI=1S/C10H16N2O3/c1-7-3-14-9(11-7)5-13-6-10-12-8(2)4-15-10/h7-8H,3-6H2,1-2H3/t7-,8+. The minimum absolute atomic E-state index is 0.253. The number of hydrogen-bond acceptors (Lipinski definition) is 5. The molecule has 0 spiro atoms. The third-order valence-corrected chi connectivity index (χ3v) is 2.16. The van der Waals surface area contributed by atoms with E-state index in [1.54, 1.807) is 0 Å². The van der Waals surface area contributed by atoms with Crippen molar-refractivity contribution in [2.24, 2.45) is 9.98 Å². The van der Waals surface area contributed by atoms with E-state index in [1.165, 1.54) is 0 Å². The molecule has 0 N–H and O–H groups in total. The fourth-order valence-electron chi connectivity index (χ4n) is 1.46. The Morgan fingerprint density at radius 1 is 1.07 bits per heavy atom. The Labute approximate surface area is 89.1 Å². The molecule has 2 atom stereocenters. The van der Waals surface area contributed by atoms with Crippen LogP contribution in [0.15, 0.2) is 9.98 Å². The molecule has 0 bridgehead atoms. The van der Waals surface area contributed by atoms with Crippen LogP contribution in [0.3, 0.4) is 0 Å². The largest absolute Gasteiger partial charge is 0.477 e. The van der Waals surface area contributed by atoms with E-state index in [9.17, 15) is 0 Å². The normalized spacial score (nSPS) is 29.5. The van der Waals surface area contributed by atoms with Crippen molar-refractivity contribution in [3.8, 4) is 0 Å². The van der Waals surface area contributed by atoms with Crippen molar-refractivity contribution in [1.29, 1.82) is 0 Å². The van der Waals surface area contributed by atoms with Crippen LogP contribution in [0.1, 0.15) is 13.8 Å². The first-order valence-corrected chi connectivity index (χ1v) is 5.20. The van der Waals surface area contributed by atoms with Gasteiger partial charge in [0.05, 0.1) is 12.1 Å². The van der Waals surface area contributed by atoms with E-state index in [-0.39, 0.29) is 12.1 Å². The van der Waals surface area contributed by atoms with Gasteiger partial charge < -0.3 is 14.2 Å². The minimum Gasteiger partial charge on any atom is -0.477 e. The third kappa shape index (κ3) is 2.92. The Morgan fingerprint density at radius 2 is 1.53 bits per heavy atom. The summed E-state index contributed by atoms with van der Waals surface area (Å²) in [7, 11) is 0. The Balaban J connectivity index is 1.67. The van der Waals surface area contributed by atoms with E-state index >= 15 is 0 Å². The zero-order valence-corrected chi connectivity index (χ0v) is 9.10. The van der Waals surface area contributed by atoms with Crippen LogP contribution in [0.5, 0.6) is 0 Å². The quantitative estimate of drug-likeness (QED) is 0.687. The summed E-state index contributed by atoms with van der Waals surface area (Å²) < 4.78 is 16.0. The second kappa shape index (κ2) is 4.61. The van der Waals surface area contributed by atoms with Gasteiger partial charge in [-0.25, -0.2) is 9.98 Å². The van der Waals surface area contributed by atoms with E-state index in [0.29, 0.717) is 38.2 Å². The van der Waals surface area contributed by atoms with Crippen LogP contribution in [-0.2, 0) is 14.2 Å². The van der Waals surface area contributed by atoms with Crippen LogP contribution < -0.4 is 0 Å². The van der Waals surface area contributed by atoms with Crippen molar-refractivity contribution in [2.75, 3.05) is 26.4 Å². The number of rotatable bonds is 4. The van der Waals surface area contributed by atoms with Crippen molar-refractivity contribution in [3.63, 3.8) is 0 Å². The third-order valence-electron chi connectivity index (χ3n) is 2.16. The molecule has 0 unspecified atom stereocenters. The van der Waals surface area contributed by atoms with Gasteiger partial charge in [0.1, 0.15) is 26.4 Å². The topological polar surface area (TPSA) is 52.4 Å². The maximum atomic E-state index is 5.39. The molecule has 2 aliphatic heterocycles. The van der Waals surface area contributed by atoms with E-state index in [0.717, 1.165) is 0 Å². The fourth-order valence-corrected chi connectivity index (χ4v) is 1.46. The lowest BCUT2D eigenvalue weighted by Gasteiger charge is -2.03. The van der Waals surface area contributed by atoms with Crippen LogP contribution in [-0.4, -0.2) is 50.3 Å². The zero-order valence-electron chi connectivity index (χ0n) is 9.10. The highest BCUT2D eigenvalue weighted by Crippen LogP contribution is 2.05. The lowest BCUT2D eigenvalue weighted by Crippen LogP contribution is -2.15. The minimum atomic E-state index is 0.253. The predicted molar refractivity (Wildman–Crippen MR) is 56.5 cm³/mol. The second-order valence-corrected chi connectivity index (χ2v) is 3.86. The molecule has 2 rings (SSSR count). The van der Waals surface area contributed by atoms with Gasteiger partial charge in [-0.1, -0.05) is 0 Å². The van der Waals surface area contributed by atoms with Crippen LogP contribution in [0, 0.1) is 0 Å². The molecule has 0 fully saturated rings. The Bertz CT molecular complexity index is 260. The number of ether oxygens (including phenoxy) is 3. The Hall–Kier alpha value is -1.10. The van der Waals surface area contributed by atoms with Crippen molar-refractivity contribution in [2.45, 2.75) is 25.9 Å². The van der Waals surface area contributed by atoms with Crippen molar-refractivity contribution >= 4 is 11.8 Å².